The van der Waals surface area contributed by atoms with Gasteiger partial charge in [-0.3, -0.25) is 0 Å². The van der Waals surface area contributed by atoms with E-state index in [-0.39, 0.29) is 51.5 Å². The van der Waals surface area contributed by atoms with Crippen LogP contribution in [0.2, 0.25) is 0 Å². The second-order valence-corrected chi connectivity index (χ2v) is 0. The molecule has 5 heavy (non-hydrogen) atoms. The van der Waals surface area contributed by atoms with E-state index >= 15 is 0 Å². The summed E-state index contributed by atoms with van der Waals surface area (Å²) in [5, 5.41) is 0. The van der Waals surface area contributed by atoms with E-state index in [0.29, 0.717) is 0 Å². The third kappa shape index (κ3) is 22.1. The van der Waals surface area contributed by atoms with Crippen LogP contribution in [-0.4, -0.2) is 8.94 Å². The average molecular weight is 253 g/mol. The van der Waals surface area contributed by atoms with Crippen LogP contribution in [0.25, 0.3) is 0 Å². The van der Waals surface area contributed by atoms with Crippen molar-refractivity contribution >= 4 is 8.94 Å². The molecule has 0 rings (SSSR count). The van der Waals surface area contributed by atoms with Gasteiger partial charge >= 0.3 is 23.8 Å². The van der Waals surface area contributed by atoms with Crippen LogP contribution < -0.4 is 0 Å². The molecule has 0 N–H and O–H groups in total. The predicted molar refractivity (Wildman–Crippen MR) is 9.94 cm³/mol. The third-order valence-electron chi connectivity index (χ3n) is 0. The van der Waals surface area contributed by atoms with E-state index in [4.69, 9.17) is 0 Å². The van der Waals surface area contributed by atoms with Crippen LogP contribution in [-0.2, 0) is 66.3 Å². The standard InChI is InChI=1S/Cr.Fe.Mn.Ni.H3Si/h;;;;1H3. The van der Waals surface area contributed by atoms with Crippen LogP contribution >= 0.6 is 0 Å². The fourth-order valence-corrected chi connectivity index (χ4v) is 0. The summed E-state index contributed by atoms with van der Waals surface area (Å²) < 4.78 is 0. The molecule has 0 spiro atoms. The fourth-order valence-electron chi connectivity index (χ4n) is 0. The van der Waals surface area contributed by atoms with Gasteiger partial charge in [-0.2, -0.15) is 0 Å². The quantitative estimate of drug-likeness (QED) is 0.476. The van der Waals surface area contributed by atoms with Crippen LogP contribution in [0.3, 0.4) is 0 Å². The van der Waals surface area contributed by atoms with E-state index in [2.05, 4.69) is 14.8 Å². The molecule has 0 aliphatic rings. The summed E-state index contributed by atoms with van der Waals surface area (Å²) in [4.78, 5) is 0. The van der Waals surface area contributed by atoms with Crippen molar-refractivity contribution in [2.45, 2.75) is 0 Å². The Bertz CT molecular complexity index is 11.6. The van der Waals surface area contributed by atoms with Crippen LogP contribution in [0.4, 0.5) is 0 Å². The summed E-state index contributed by atoms with van der Waals surface area (Å²) >= 11 is 4.01. The van der Waals surface area contributed by atoms with Crippen molar-refractivity contribution in [2.24, 2.45) is 0 Å². The van der Waals surface area contributed by atoms with Gasteiger partial charge in [-0.25, -0.2) is 0 Å². The summed E-state index contributed by atoms with van der Waals surface area (Å²) in [6.07, 6.45) is 0. The second-order valence-electron chi connectivity index (χ2n) is 0. The molecular weight excluding hydrogens is 250 g/mol. The van der Waals surface area contributed by atoms with E-state index in [9.17, 15) is 0 Å². The van der Waals surface area contributed by atoms with E-state index in [1.807, 2.05) is 0 Å². The van der Waals surface area contributed by atoms with Gasteiger partial charge < -0.3 is 0 Å². The molecule has 0 aromatic heterocycles. The topological polar surface area (TPSA) is 0 Å². The van der Waals surface area contributed by atoms with Crippen molar-refractivity contribution in [3.05, 3.63) is 0 Å². The first-order valence-corrected chi connectivity index (χ1v) is 3.91. The van der Waals surface area contributed by atoms with Gasteiger partial charge in [0, 0.05) is 51.5 Å². The minimum absolute atomic E-state index is 0. The Labute approximate surface area is 74.6 Å². The van der Waals surface area contributed by atoms with Gasteiger partial charge in [-0.05, 0) is 0 Å². The Morgan fingerprint density at radius 3 is 1.20 bits per heavy atom. The molecule has 1 radical (unpaired) electrons. The van der Waals surface area contributed by atoms with E-state index in [1.54, 1.807) is 0 Å². The number of hydrogen-bond donors (Lipinski definition) is 0. The maximum absolute atomic E-state index is 4.01. The molecule has 0 unspecified atom stereocenters. The summed E-state index contributed by atoms with van der Waals surface area (Å²) in [5.74, 6) is 0. The van der Waals surface area contributed by atoms with Gasteiger partial charge in [-0.15, -0.1) is 0 Å². The molecule has 0 atom stereocenters. The molecule has 0 aliphatic heterocycles. The zero-order valence-corrected chi connectivity index (χ0v) is 9.00. The van der Waals surface area contributed by atoms with E-state index in [0.717, 1.165) is 8.94 Å². The summed E-state index contributed by atoms with van der Waals surface area (Å²) in [5.41, 5.74) is 0. The second kappa shape index (κ2) is 33.7. The molecular formula is H3CrFeMnNiSi. The first-order chi connectivity index (χ1) is 1.00. The molecule has 0 saturated carbocycles. The molecule has 0 aromatic rings. The van der Waals surface area contributed by atoms with Crippen molar-refractivity contribution in [1.29, 1.82) is 0 Å². The normalized spacial score (nSPS) is 2.00. The third-order valence-corrected chi connectivity index (χ3v) is 0. The molecule has 0 saturated heterocycles. The van der Waals surface area contributed by atoms with Gasteiger partial charge in [0.2, 0.25) is 0 Å². The van der Waals surface area contributed by atoms with E-state index in [1.165, 1.54) is 0 Å². The van der Waals surface area contributed by atoms with Crippen molar-refractivity contribution in [3.63, 3.8) is 0 Å². The zero-order valence-electron chi connectivity index (χ0n) is 2.46. The van der Waals surface area contributed by atoms with Crippen molar-refractivity contribution in [2.75, 3.05) is 0 Å². The van der Waals surface area contributed by atoms with Crippen LogP contribution in [0, 0.1) is 0 Å². The Hall–Kier alpha value is 2.28. The molecule has 0 aromatic carbocycles. The Balaban J connectivity index is -0.00000000167. The maximum atomic E-state index is 4.01. The van der Waals surface area contributed by atoms with Gasteiger partial charge in [0.1, 0.15) is 0 Å². The molecule has 0 amide bonds. The van der Waals surface area contributed by atoms with E-state index < -0.39 is 0 Å². The molecule has 38 valence electrons. The zero-order chi connectivity index (χ0) is 2.00. The molecule has 0 heterocycles. The van der Waals surface area contributed by atoms with Crippen molar-refractivity contribution < 1.29 is 66.3 Å². The van der Waals surface area contributed by atoms with Crippen molar-refractivity contribution in [3.8, 4) is 0 Å². The minimum atomic E-state index is 0. The van der Waals surface area contributed by atoms with Crippen LogP contribution in [0.5, 0.6) is 0 Å². The van der Waals surface area contributed by atoms with Gasteiger partial charge in [0.15, 0.2) is 0 Å². The van der Waals surface area contributed by atoms with Gasteiger partial charge in [0.05, 0.1) is 0 Å². The monoisotopic (exact) mass is 252 g/mol. The predicted octanol–water partition coefficient (Wildman–Crippen LogP) is -1.19. The Kier molecular flexibility index (Phi) is 180. The van der Waals surface area contributed by atoms with Crippen molar-refractivity contribution in [1.82, 2.24) is 0 Å². The Morgan fingerprint density at radius 1 is 1.20 bits per heavy atom. The number of rotatable bonds is 0. The first-order valence-electron chi connectivity index (χ1n) is 0.316. The fraction of sp³-hybridized carbons (Fsp3) is 0. The summed E-state index contributed by atoms with van der Waals surface area (Å²) in [7, 11) is 0.931. The Morgan fingerprint density at radius 2 is 1.20 bits per heavy atom. The van der Waals surface area contributed by atoms with Gasteiger partial charge in [0.25, 0.3) is 0 Å². The molecule has 0 aliphatic carbocycles. The molecule has 0 nitrogen and oxygen atoms in total. The SMILES string of the molecule is [Cr].[Fe].[Mn].[SiH3][Ni]. The number of hydrogen-bond acceptors (Lipinski definition) is 0. The van der Waals surface area contributed by atoms with Gasteiger partial charge in [-0.1, -0.05) is 0 Å². The van der Waals surface area contributed by atoms with Crippen LogP contribution in [0.1, 0.15) is 0 Å². The summed E-state index contributed by atoms with van der Waals surface area (Å²) in [6.45, 7) is 0. The average Bonchev–Trinajstić information content (AvgIpc) is 1.00. The van der Waals surface area contributed by atoms with Crippen LogP contribution in [0.15, 0.2) is 0 Å². The molecule has 0 bridgehead atoms. The molecule has 5 heteroatoms. The first kappa shape index (κ1) is 26.7. The summed E-state index contributed by atoms with van der Waals surface area (Å²) in [6, 6.07) is 0. The molecule has 0 fully saturated rings.